The van der Waals surface area contributed by atoms with E-state index in [2.05, 4.69) is 15.6 Å². The van der Waals surface area contributed by atoms with Crippen molar-refractivity contribution < 1.29 is 28.6 Å². The number of carboxylic acid groups (broad SMARTS) is 1. The number of hydrogen-bond donors (Lipinski definition) is 3. The zero-order valence-corrected chi connectivity index (χ0v) is 21.1. The van der Waals surface area contributed by atoms with Gasteiger partial charge in [0.05, 0.1) is 31.3 Å². The molecule has 2 fully saturated rings. The maximum Gasteiger partial charge on any atom is 0.323 e. The molecule has 0 radical (unpaired) electrons. The maximum absolute atomic E-state index is 13.8. The van der Waals surface area contributed by atoms with E-state index in [1.807, 2.05) is 10.3 Å². The Labute approximate surface area is 211 Å². The SMILES string of the molecule is COC(=O)C1C(CN2CCOC(C)(C)[C@H]2C(=O)O)NC(c2nccs2)NC1c1ccc(F)cc1Cl. The summed E-state index contributed by atoms with van der Waals surface area (Å²) in [6, 6.07) is 1.93. The molecule has 0 saturated carbocycles. The van der Waals surface area contributed by atoms with Gasteiger partial charge in [-0.15, -0.1) is 11.3 Å². The highest BCUT2D eigenvalue weighted by molar-refractivity contribution is 7.09. The van der Waals surface area contributed by atoms with Gasteiger partial charge in [0, 0.05) is 35.7 Å². The van der Waals surface area contributed by atoms with Crippen molar-refractivity contribution in [3.63, 3.8) is 0 Å². The van der Waals surface area contributed by atoms with E-state index in [1.165, 1.54) is 30.6 Å². The van der Waals surface area contributed by atoms with Crippen LogP contribution >= 0.6 is 22.9 Å². The summed E-state index contributed by atoms with van der Waals surface area (Å²) in [4.78, 5) is 31.5. The molecule has 0 bridgehead atoms. The van der Waals surface area contributed by atoms with Crippen molar-refractivity contribution in [1.29, 1.82) is 0 Å². The fourth-order valence-electron chi connectivity index (χ4n) is 5.02. The average molecular weight is 527 g/mol. The quantitative estimate of drug-likeness (QED) is 0.489. The second-order valence-electron chi connectivity index (χ2n) is 9.12. The second kappa shape index (κ2) is 10.5. The highest BCUT2D eigenvalue weighted by Gasteiger charge is 2.49. The fourth-order valence-corrected chi connectivity index (χ4v) is 5.96. The van der Waals surface area contributed by atoms with Gasteiger partial charge in [-0.1, -0.05) is 17.7 Å². The van der Waals surface area contributed by atoms with Crippen molar-refractivity contribution in [1.82, 2.24) is 20.5 Å². The number of benzene rings is 1. The largest absolute Gasteiger partial charge is 0.480 e. The van der Waals surface area contributed by atoms with E-state index >= 15 is 0 Å². The van der Waals surface area contributed by atoms with E-state index < -0.39 is 53.6 Å². The second-order valence-corrected chi connectivity index (χ2v) is 10.5. The Balaban J connectivity index is 1.75. The molecule has 0 aliphatic carbocycles. The van der Waals surface area contributed by atoms with Crippen LogP contribution in [0.3, 0.4) is 0 Å². The third-order valence-electron chi connectivity index (χ3n) is 6.53. The molecule has 2 aliphatic heterocycles. The topological polar surface area (TPSA) is 113 Å². The number of ether oxygens (including phenoxy) is 2. The summed E-state index contributed by atoms with van der Waals surface area (Å²) in [5, 5.41) is 19.5. The lowest BCUT2D eigenvalue weighted by atomic mass is 9.83. The monoisotopic (exact) mass is 526 g/mol. The molecule has 12 heteroatoms. The molecule has 2 aliphatic rings. The van der Waals surface area contributed by atoms with Gasteiger partial charge in [-0.25, -0.2) is 9.37 Å². The van der Waals surface area contributed by atoms with Crippen LogP contribution in [0.1, 0.15) is 36.6 Å². The molecule has 1 aromatic carbocycles. The predicted molar refractivity (Wildman–Crippen MR) is 128 cm³/mol. The Kier molecular flexibility index (Phi) is 7.74. The predicted octanol–water partition coefficient (Wildman–Crippen LogP) is 2.59. The third kappa shape index (κ3) is 5.35. The lowest BCUT2D eigenvalue weighted by Gasteiger charge is -2.48. The summed E-state index contributed by atoms with van der Waals surface area (Å²) in [5.41, 5.74) is -0.389. The number of hydrogen-bond acceptors (Lipinski definition) is 9. The number of aliphatic carboxylic acids is 1. The number of halogens is 2. The molecule has 2 aromatic rings. The van der Waals surface area contributed by atoms with Crippen LogP contribution in [-0.2, 0) is 19.1 Å². The smallest absolute Gasteiger partial charge is 0.323 e. The van der Waals surface area contributed by atoms with Crippen molar-refractivity contribution in [3.05, 3.63) is 51.2 Å². The van der Waals surface area contributed by atoms with Crippen LogP contribution in [0.2, 0.25) is 5.02 Å². The number of carbonyl (C=O) groups is 2. The first-order chi connectivity index (χ1) is 16.6. The van der Waals surface area contributed by atoms with Crippen LogP contribution in [0.5, 0.6) is 0 Å². The minimum atomic E-state index is -1.01. The number of nitrogens with one attached hydrogen (secondary N) is 2. The van der Waals surface area contributed by atoms with Crippen LogP contribution in [0.15, 0.2) is 29.8 Å². The number of methoxy groups -OCH3 is 1. The Hall–Kier alpha value is -2.15. The number of esters is 1. The number of thiazole rings is 1. The zero-order chi connectivity index (χ0) is 25.3. The normalized spacial score (nSPS) is 29.0. The van der Waals surface area contributed by atoms with Crippen LogP contribution in [0, 0.1) is 11.7 Å². The van der Waals surface area contributed by atoms with Gasteiger partial charge in [0.15, 0.2) is 0 Å². The molecule has 1 aromatic heterocycles. The number of aromatic nitrogens is 1. The molecule has 190 valence electrons. The van der Waals surface area contributed by atoms with Gasteiger partial charge >= 0.3 is 11.9 Å². The molecule has 9 nitrogen and oxygen atoms in total. The van der Waals surface area contributed by atoms with E-state index in [1.54, 1.807) is 26.1 Å². The minimum absolute atomic E-state index is 0.172. The van der Waals surface area contributed by atoms with Crippen LogP contribution in [0.25, 0.3) is 0 Å². The van der Waals surface area contributed by atoms with Gasteiger partial charge in [-0.3, -0.25) is 25.1 Å². The van der Waals surface area contributed by atoms with Crippen molar-refractivity contribution >= 4 is 34.9 Å². The van der Waals surface area contributed by atoms with Gasteiger partial charge in [-0.05, 0) is 31.5 Å². The van der Waals surface area contributed by atoms with E-state index in [0.717, 1.165) is 5.01 Å². The standard InChI is InChI=1S/C23H28ClFN4O5S/c1-23(2)18(21(30)31)29(7-8-34-23)11-15-16(22(32)33-3)17(13-5-4-12(25)10-14(13)24)28-19(27-15)20-26-6-9-35-20/h4-6,9-10,15-19,27-28H,7-8,11H2,1-3H3,(H,30,31)/t15?,16?,17?,18-,19?/m1/s1. The number of morpholine rings is 1. The average Bonchev–Trinajstić information content (AvgIpc) is 3.32. The molecule has 3 N–H and O–H groups in total. The molecule has 4 unspecified atom stereocenters. The molecular formula is C23H28ClFN4O5S. The Bertz CT molecular complexity index is 1070. The Morgan fingerprint density at radius 3 is 2.80 bits per heavy atom. The molecule has 35 heavy (non-hydrogen) atoms. The molecular weight excluding hydrogens is 499 g/mol. The van der Waals surface area contributed by atoms with Gasteiger partial charge in [0.2, 0.25) is 0 Å². The fraction of sp³-hybridized carbons (Fsp3) is 0.522. The van der Waals surface area contributed by atoms with E-state index in [4.69, 9.17) is 21.1 Å². The van der Waals surface area contributed by atoms with Gasteiger partial charge in [0.25, 0.3) is 0 Å². The van der Waals surface area contributed by atoms with Gasteiger partial charge in [0.1, 0.15) is 23.0 Å². The Morgan fingerprint density at radius 2 is 2.17 bits per heavy atom. The van der Waals surface area contributed by atoms with Crippen molar-refractivity contribution in [2.24, 2.45) is 5.92 Å². The van der Waals surface area contributed by atoms with Crippen molar-refractivity contribution in [2.75, 3.05) is 26.8 Å². The van der Waals surface area contributed by atoms with E-state index in [-0.39, 0.29) is 11.6 Å². The summed E-state index contributed by atoms with van der Waals surface area (Å²) in [6.45, 7) is 4.44. The maximum atomic E-state index is 13.8. The van der Waals surface area contributed by atoms with E-state index in [0.29, 0.717) is 18.7 Å². The zero-order valence-electron chi connectivity index (χ0n) is 19.5. The summed E-state index contributed by atoms with van der Waals surface area (Å²) in [6.07, 6.45) is 1.22. The molecule has 3 heterocycles. The molecule has 4 rings (SSSR count). The van der Waals surface area contributed by atoms with Crippen molar-refractivity contribution in [2.45, 2.75) is 43.7 Å². The van der Waals surface area contributed by atoms with Gasteiger partial charge in [-0.2, -0.15) is 0 Å². The van der Waals surface area contributed by atoms with Gasteiger partial charge < -0.3 is 14.6 Å². The first-order valence-electron chi connectivity index (χ1n) is 11.2. The van der Waals surface area contributed by atoms with Crippen LogP contribution in [-0.4, -0.2) is 71.4 Å². The molecule has 5 atom stereocenters. The lowest BCUT2D eigenvalue weighted by Crippen LogP contribution is -2.66. The Morgan fingerprint density at radius 1 is 1.40 bits per heavy atom. The first-order valence-corrected chi connectivity index (χ1v) is 12.4. The highest BCUT2D eigenvalue weighted by atomic mass is 35.5. The van der Waals surface area contributed by atoms with Crippen LogP contribution < -0.4 is 10.6 Å². The number of nitrogens with zero attached hydrogens (tertiary/aromatic N) is 2. The summed E-state index contributed by atoms with van der Waals surface area (Å²) in [5.74, 6) is -2.79. The highest BCUT2D eigenvalue weighted by Crippen LogP contribution is 2.38. The first kappa shape index (κ1) is 25.9. The molecule has 2 saturated heterocycles. The molecule has 0 amide bonds. The van der Waals surface area contributed by atoms with E-state index in [9.17, 15) is 19.1 Å². The van der Waals surface area contributed by atoms with Crippen LogP contribution in [0.4, 0.5) is 4.39 Å². The number of rotatable bonds is 6. The lowest BCUT2D eigenvalue weighted by molar-refractivity contribution is -0.173. The summed E-state index contributed by atoms with van der Waals surface area (Å²) in [7, 11) is 1.30. The number of carboxylic acids is 1. The van der Waals surface area contributed by atoms with Crippen molar-refractivity contribution in [3.8, 4) is 0 Å². The third-order valence-corrected chi connectivity index (χ3v) is 7.70. The summed E-state index contributed by atoms with van der Waals surface area (Å²) >= 11 is 7.85. The minimum Gasteiger partial charge on any atom is -0.480 e. The summed E-state index contributed by atoms with van der Waals surface area (Å²) < 4.78 is 24.7. The number of carbonyl (C=O) groups excluding carboxylic acids is 1. The molecule has 0 spiro atoms.